The third-order valence-electron chi connectivity index (χ3n) is 3.20. The first-order chi connectivity index (χ1) is 9.33. The molecule has 0 aliphatic heterocycles. The fourth-order valence-corrected chi connectivity index (χ4v) is 2.17. The van der Waals surface area contributed by atoms with Crippen molar-refractivity contribution in [3.8, 4) is 11.5 Å². The van der Waals surface area contributed by atoms with E-state index in [1.54, 1.807) is 20.3 Å². The summed E-state index contributed by atoms with van der Waals surface area (Å²) in [5, 5.41) is 10.7. The highest BCUT2D eigenvalue weighted by molar-refractivity contribution is 5.39. The molecule has 0 aliphatic rings. The van der Waals surface area contributed by atoms with E-state index in [4.69, 9.17) is 14.2 Å². The lowest BCUT2D eigenvalue weighted by molar-refractivity contribution is -0.0899. The number of methoxy groups -OCH3 is 2. The van der Waals surface area contributed by atoms with Gasteiger partial charge in [-0.3, -0.25) is 0 Å². The standard InChI is InChI=1S/C16H26O4/c1-7-20-15(16(2,3)4)14(17)11-8-12(18-5)10-13(9-11)19-6/h8-10,14-15,17H,7H2,1-6H3. The minimum atomic E-state index is -0.737. The van der Waals surface area contributed by atoms with E-state index in [0.29, 0.717) is 18.1 Å². The van der Waals surface area contributed by atoms with Gasteiger partial charge in [-0.15, -0.1) is 0 Å². The topological polar surface area (TPSA) is 47.9 Å². The van der Waals surface area contributed by atoms with Gasteiger partial charge in [-0.25, -0.2) is 0 Å². The van der Waals surface area contributed by atoms with Crippen LogP contribution >= 0.6 is 0 Å². The zero-order valence-corrected chi connectivity index (χ0v) is 13.3. The molecule has 4 nitrogen and oxygen atoms in total. The van der Waals surface area contributed by atoms with Crippen molar-refractivity contribution < 1.29 is 19.3 Å². The Kier molecular flexibility index (Phi) is 5.84. The molecular weight excluding hydrogens is 256 g/mol. The van der Waals surface area contributed by atoms with Crippen LogP contribution in [0.2, 0.25) is 0 Å². The second-order valence-corrected chi connectivity index (χ2v) is 5.83. The second kappa shape index (κ2) is 6.95. The minimum absolute atomic E-state index is 0.175. The van der Waals surface area contributed by atoms with Crippen molar-refractivity contribution in [2.75, 3.05) is 20.8 Å². The van der Waals surface area contributed by atoms with Gasteiger partial charge in [0, 0.05) is 12.7 Å². The van der Waals surface area contributed by atoms with Gasteiger partial charge in [-0.1, -0.05) is 20.8 Å². The van der Waals surface area contributed by atoms with Crippen LogP contribution in [-0.2, 0) is 4.74 Å². The lowest BCUT2D eigenvalue weighted by Gasteiger charge is -2.34. The molecule has 0 aliphatic carbocycles. The van der Waals surface area contributed by atoms with Gasteiger partial charge in [-0.2, -0.15) is 0 Å². The maximum atomic E-state index is 10.7. The van der Waals surface area contributed by atoms with E-state index in [1.165, 1.54) is 0 Å². The fraction of sp³-hybridized carbons (Fsp3) is 0.625. The zero-order valence-electron chi connectivity index (χ0n) is 13.3. The number of benzene rings is 1. The lowest BCUT2D eigenvalue weighted by atomic mass is 9.83. The molecule has 4 heteroatoms. The molecule has 0 radical (unpaired) electrons. The molecule has 0 spiro atoms. The van der Waals surface area contributed by atoms with Gasteiger partial charge in [-0.05, 0) is 30.0 Å². The third-order valence-corrected chi connectivity index (χ3v) is 3.20. The normalized spacial score (nSPS) is 14.8. The molecule has 0 fully saturated rings. The number of rotatable bonds is 6. The van der Waals surface area contributed by atoms with Crippen molar-refractivity contribution in [2.24, 2.45) is 5.41 Å². The van der Waals surface area contributed by atoms with Crippen LogP contribution in [0.25, 0.3) is 0 Å². The number of aliphatic hydroxyl groups is 1. The van der Waals surface area contributed by atoms with Crippen LogP contribution in [0.5, 0.6) is 11.5 Å². The summed E-state index contributed by atoms with van der Waals surface area (Å²) in [5.74, 6) is 1.31. The molecule has 1 aromatic rings. The van der Waals surface area contributed by atoms with Crippen LogP contribution in [0.4, 0.5) is 0 Å². The fourth-order valence-electron chi connectivity index (χ4n) is 2.17. The van der Waals surface area contributed by atoms with Crippen molar-refractivity contribution >= 4 is 0 Å². The number of ether oxygens (including phenoxy) is 3. The predicted octanol–water partition coefficient (Wildman–Crippen LogP) is 3.19. The maximum absolute atomic E-state index is 10.7. The molecule has 0 aromatic heterocycles. The molecule has 114 valence electrons. The Bertz CT molecular complexity index is 401. The summed E-state index contributed by atoms with van der Waals surface area (Å²) in [6.45, 7) is 8.63. The summed E-state index contributed by atoms with van der Waals surface area (Å²) in [7, 11) is 3.18. The van der Waals surface area contributed by atoms with Gasteiger partial charge in [0.25, 0.3) is 0 Å². The Morgan fingerprint density at radius 1 is 1.05 bits per heavy atom. The van der Waals surface area contributed by atoms with E-state index < -0.39 is 6.10 Å². The molecule has 0 saturated heterocycles. The molecule has 0 bridgehead atoms. The molecule has 1 aromatic carbocycles. The van der Waals surface area contributed by atoms with Crippen molar-refractivity contribution in [1.29, 1.82) is 0 Å². The van der Waals surface area contributed by atoms with Gasteiger partial charge in [0.05, 0.1) is 20.3 Å². The average Bonchev–Trinajstić information content (AvgIpc) is 2.42. The quantitative estimate of drug-likeness (QED) is 0.870. The van der Waals surface area contributed by atoms with Gasteiger partial charge < -0.3 is 19.3 Å². The third kappa shape index (κ3) is 4.12. The summed E-state index contributed by atoms with van der Waals surface area (Å²) >= 11 is 0. The van der Waals surface area contributed by atoms with Crippen LogP contribution < -0.4 is 9.47 Å². The van der Waals surface area contributed by atoms with E-state index in [2.05, 4.69) is 0 Å². The molecule has 1 N–H and O–H groups in total. The van der Waals surface area contributed by atoms with Crippen LogP contribution in [0, 0.1) is 5.41 Å². The van der Waals surface area contributed by atoms with Crippen LogP contribution in [0.3, 0.4) is 0 Å². The van der Waals surface area contributed by atoms with Gasteiger partial charge >= 0.3 is 0 Å². The highest BCUT2D eigenvalue weighted by Gasteiger charge is 2.33. The van der Waals surface area contributed by atoms with E-state index in [-0.39, 0.29) is 11.5 Å². The number of aliphatic hydroxyl groups excluding tert-OH is 1. The zero-order chi connectivity index (χ0) is 15.3. The first-order valence-electron chi connectivity index (χ1n) is 6.86. The highest BCUT2D eigenvalue weighted by Crippen LogP contribution is 2.35. The largest absolute Gasteiger partial charge is 0.497 e. The van der Waals surface area contributed by atoms with Crippen LogP contribution in [0.1, 0.15) is 39.4 Å². The number of hydrogen-bond donors (Lipinski definition) is 1. The second-order valence-electron chi connectivity index (χ2n) is 5.83. The monoisotopic (exact) mass is 282 g/mol. The predicted molar refractivity (Wildman–Crippen MR) is 79.4 cm³/mol. The average molecular weight is 282 g/mol. The van der Waals surface area contributed by atoms with Gasteiger partial charge in [0.2, 0.25) is 0 Å². The molecular formula is C16H26O4. The van der Waals surface area contributed by atoms with Crippen molar-refractivity contribution in [1.82, 2.24) is 0 Å². The highest BCUT2D eigenvalue weighted by atomic mass is 16.5. The van der Waals surface area contributed by atoms with Crippen molar-refractivity contribution in [3.63, 3.8) is 0 Å². The SMILES string of the molecule is CCOC(C(O)c1cc(OC)cc(OC)c1)C(C)(C)C. The molecule has 0 heterocycles. The minimum Gasteiger partial charge on any atom is -0.497 e. The maximum Gasteiger partial charge on any atom is 0.122 e. The lowest BCUT2D eigenvalue weighted by Crippen LogP contribution is -2.35. The first-order valence-corrected chi connectivity index (χ1v) is 6.86. The Morgan fingerprint density at radius 3 is 1.90 bits per heavy atom. The van der Waals surface area contributed by atoms with E-state index in [9.17, 15) is 5.11 Å². The van der Waals surface area contributed by atoms with Crippen LogP contribution in [-0.4, -0.2) is 32.0 Å². The Hall–Kier alpha value is -1.26. The summed E-state index contributed by atoms with van der Waals surface area (Å²) < 4.78 is 16.2. The summed E-state index contributed by atoms with van der Waals surface area (Å²) in [6.07, 6.45) is -1.04. The van der Waals surface area contributed by atoms with Gasteiger partial charge in [0.15, 0.2) is 0 Å². The first kappa shape index (κ1) is 16.8. The Labute approximate surface area is 121 Å². The van der Waals surface area contributed by atoms with Crippen molar-refractivity contribution in [2.45, 2.75) is 39.9 Å². The summed E-state index contributed by atoms with van der Waals surface area (Å²) in [4.78, 5) is 0. The van der Waals surface area contributed by atoms with Crippen molar-refractivity contribution in [3.05, 3.63) is 23.8 Å². The Balaban J connectivity index is 3.13. The Morgan fingerprint density at radius 2 is 1.55 bits per heavy atom. The number of hydrogen-bond acceptors (Lipinski definition) is 4. The van der Waals surface area contributed by atoms with E-state index in [1.807, 2.05) is 39.8 Å². The molecule has 2 atom stereocenters. The molecule has 0 amide bonds. The summed E-state index contributed by atoms with van der Waals surface area (Å²) in [5.41, 5.74) is 0.556. The van der Waals surface area contributed by atoms with E-state index >= 15 is 0 Å². The smallest absolute Gasteiger partial charge is 0.122 e. The molecule has 2 unspecified atom stereocenters. The van der Waals surface area contributed by atoms with Crippen LogP contribution in [0.15, 0.2) is 18.2 Å². The molecule has 1 rings (SSSR count). The van der Waals surface area contributed by atoms with Gasteiger partial charge in [0.1, 0.15) is 17.6 Å². The summed E-state index contributed by atoms with van der Waals surface area (Å²) in [6, 6.07) is 5.40. The molecule has 0 saturated carbocycles. The van der Waals surface area contributed by atoms with E-state index in [0.717, 1.165) is 5.56 Å². The molecule has 20 heavy (non-hydrogen) atoms.